The molecule has 0 bridgehead atoms. The second-order valence-electron chi connectivity index (χ2n) is 5.62. The predicted octanol–water partition coefficient (Wildman–Crippen LogP) is 2.12. The number of halogens is 1. The van der Waals surface area contributed by atoms with E-state index >= 15 is 0 Å². The number of hydrogen-bond donors (Lipinski definition) is 1. The van der Waals surface area contributed by atoms with E-state index in [1.54, 1.807) is 18.5 Å². The summed E-state index contributed by atoms with van der Waals surface area (Å²) in [5, 5.41) is 18.7. The van der Waals surface area contributed by atoms with Crippen molar-refractivity contribution in [2.45, 2.75) is 26.0 Å². The van der Waals surface area contributed by atoms with Crippen molar-refractivity contribution in [3.05, 3.63) is 41.2 Å². The largest absolute Gasteiger partial charge is 0.389 e. The normalized spacial score (nSPS) is 12.1. The first kappa shape index (κ1) is 15.0. The third-order valence-corrected chi connectivity index (χ3v) is 2.97. The summed E-state index contributed by atoms with van der Waals surface area (Å²) >= 11 is 5.86. The molecule has 0 radical (unpaired) electrons. The summed E-state index contributed by atoms with van der Waals surface area (Å²) in [6.45, 7) is 4.78. The van der Waals surface area contributed by atoms with Crippen LogP contribution in [0.3, 0.4) is 0 Å². The summed E-state index contributed by atoms with van der Waals surface area (Å²) in [5.41, 5.74) is 1.05. The van der Waals surface area contributed by atoms with Gasteiger partial charge in [-0.05, 0) is 45.2 Å². The van der Waals surface area contributed by atoms with Crippen molar-refractivity contribution in [1.29, 1.82) is 0 Å². The fraction of sp³-hybridized carbons (Fsp3) is 0.429. The summed E-state index contributed by atoms with van der Waals surface area (Å²) in [6.07, 6.45) is 1.88. The molecule has 0 aliphatic carbocycles. The van der Waals surface area contributed by atoms with E-state index in [2.05, 4.69) is 10.3 Å². The molecular weight excluding hydrogens is 276 g/mol. The molecule has 6 heteroatoms. The number of benzene rings is 1. The zero-order valence-electron chi connectivity index (χ0n) is 11.9. The maximum absolute atomic E-state index is 9.78. The third kappa shape index (κ3) is 4.30. The van der Waals surface area contributed by atoms with Crippen LogP contribution in [0, 0.1) is 0 Å². The number of hydrogen-bond acceptors (Lipinski definition) is 4. The Morgan fingerprint density at radius 1 is 1.30 bits per heavy atom. The molecule has 5 nitrogen and oxygen atoms in total. The van der Waals surface area contributed by atoms with Gasteiger partial charge in [0.1, 0.15) is 0 Å². The van der Waals surface area contributed by atoms with Crippen LogP contribution in [-0.2, 0) is 6.54 Å². The second-order valence-corrected chi connectivity index (χ2v) is 6.05. The van der Waals surface area contributed by atoms with Crippen molar-refractivity contribution < 1.29 is 5.11 Å². The number of aromatic nitrogens is 3. The molecule has 1 aromatic carbocycles. The molecule has 0 atom stereocenters. The lowest BCUT2D eigenvalue weighted by Gasteiger charge is -2.24. The zero-order chi connectivity index (χ0) is 14.8. The first-order chi connectivity index (χ1) is 9.33. The number of aliphatic hydroxyl groups is 1. The van der Waals surface area contributed by atoms with E-state index in [9.17, 15) is 5.11 Å². The molecule has 2 rings (SSSR count). The van der Waals surface area contributed by atoms with Crippen molar-refractivity contribution in [1.82, 2.24) is 19.9 Å². The molecule has 1 N–H and O–H groups in total. The van der Waals surface area contributed by atoms with Gasteiger partial charge in [-0.2, -0.15) is 0 Å². The molecule has 108 valence electrons. The molecule has 0 saturated carbocycles. The van der Waals surface area contributed by atoms with Gasteiger partial charge in [0.15, 0.2) is 0 Å². The van der Waals surface area contributed by atoms with Crippen LogP contribution in [0.25, 0.3) is 5.69 Å². The monoisotopic (exact) mass is 294 g/mol. The molecule has 0 amide bonds. The minimum Gasteiger partial charge on any atom is -0.389 e. The standard InChI is InChI=1S/C14H19ClN4O/c1-14(2,20)10-18(3)8-12-9-19(17-16-12)13-6-4-11(15)5-7-13/h4-7,9,20H,8,10H2,1-3H3. The van der Waals surface area contributed by atoms with Crippen LogP contribution in [-0.4, -0.2) is 44.2 Å². The Bertz CT molecular complexity index is 559. The van der Waals surface area contributed by atoms with Crippen molar-refractivity contribution in [2.75, 3.05) is 13.6 Å². The summed E-state index contributed by atoms with van der Waals surface area (Å²) < 4.78 is 1.71. The van der Waals surface area contributed by atoms with Crippen LogP contribution in [0.2, 0.25) is 5.02 Å². The van der Waals surface area contributed by atoms with E-state index < -0.39 is 5.60 Å². The van der Waals surface area contributed by atoms with Gasteiger partial charge in [0.2, 0.25) is 0 Å². The second kappa shape index (κ2) is 5.91. The molecule has 0 fully saturated rings. The van der Waals surface area contributed by atoms with Gasteiger partial charge in [0.05, 0.1) is 23.2 Å². The van der Waals surface area contributed by atoms with Crippen molar-refractivity contribution in [3.63, 3.8) is 0 Å². The summed E-state index contributed by atoms with van der Waals surface area (Å²) in [5.74, 6) is 0. The molecule has 0 aliphatic rings. The highest BCUT2D eigenvalue weighted by Crippen LogP contribution is 2.13. The van der Waals surface area contributed by atoms with Crippen LogP contribution < -0.4 is 0 Å². The minimum atomic E-state index is -0.721. The van der Waals surface area contributed by atoms with Gasteiger partial charge in [-0.3, -0.25) is 4.90 Å². The maximum Gasteiger partial charge on any atom is 0.0971 e. The first-order valence-corrected chi connectivity index (χ1v) is 6.79. The quantitative estimate of drug-likeness (QED) is 0.918. The van der Waals surface area contributed by atoms with E-state index in [1.165, 1.54) is 0 Å². The SMILES string of the molecule is CN(Cc1cn(-c2ccc(Cl)cc2)nn1)CC(C)(C)O. The van der Waals surface area contributed by atoms with Crippen LogP contribution >= 0.6 is 11.6 Å². The zero-order valence-corrected chi connectivity index (χ0v) is 12.7. The molecule has 20 heavy (non-hydrogen) atoms. The van der Waals surface area contributed by atoms with E-state index in [0.717, 1.165) is 11.4 Å². The minimum absolute atomic E-state index is 0.570. The number of rotatable bonds is 5. The highest BCUT2D eigenvalue weighted by molar-refractivity contribution is 6.30. The molecule has 1 heterocycles. The lowest BCUT2D eigenvalue weighted by atomic mass is 10.1. The van der Waals surface area contributed by atoms with Crippen molar-refractivity contribution in [2.24, 2.45) is 0 Å². The van der Waals surface area contributed by atoms with Crippen molar-refractivity contribution >= 4 is 11.6 Å². The lowest BCUT2D eigenvalue weighted by molar-refractivity contribution is 0.0421. The van der Waals surface area contributed by atoms with Crippen LogP contribution in [0.5, 0.6) is 0 Å². The Labute approximate surface area is 123 Å². The van der Waals surface area contributed by atoms with Gasteiger partial charge in [0, 0.05) is 18.1 Å². The van der Waals surface area contributed by atoms with E-state index in [1.807, 2.05) is 42.4 Å². The molecular formula is C14H19ClN4O. The van der Waals surface area contributed by atoms with E-state index in [-0.39, 0.29) is 0 Å². The van der Waals surface area contributed by atoms with Gasteiger partial charge >= 0.3 is 0 Å². The highest BCUT2D eigenvalue weighted by atomic mass is 35.5. The summed E-state index contributed by atoms with van der Waals surface area (Å²) in [4.78, 5) is 2.01. The highest BCUT2D eigenvalue weighted by Gasteiger charge is 2.16. The summed E-state index contributed by atoms with van der Waals surface area (Å²) in [7, 11) is 1.94. The molecule has 2 aromatic rings. The van der Waals surface area contributed by atoms with Gasteiger partial charge in [-0.25, -0.2) is 4.68 Å². The molecule has 0 aliphatic heterocycles. The molecule has 0 saturated heterocycles. The Kier molecular flexibility index (Phi) is 4.42. The molecule has 1 aromatic heterocycles. The number of nitrogens with zero attached hydrogens (tertiary/aromatic N) is 4. The van der Waals surface area contributed by atoms with Gasteiger partial charge in [-0.1, -0.05) is 16.8 Å². The van der Waals surface area contributed by atoms with Gasteiger partial charge in [0.25, 0.3) is 0 Å². The Morgan fingerprint density at radius 2 is 1.95 bits per heavy atom. The van der Waals surface area contributed by atoms with Gasteiger partial charge < -0.3 is 5.11 Å². The average Bonchev–Trinajstić information content (AvgIpc) is 2.75. The fourth-order valence-corrected chi connectivity index (χ4v) is 2.21. The fourth-order valence-electron chi connectivity index (χ4n) is 2.08. The van der Waals surface area contributed by atoms with Gasteiger partial charge in [-0.15, -0.1) is 5.10 Å². The summed E-state index contributed by atoms with van der Waals surface area (Å²) in [6, 6.07) is 7.42. The maximum atomic E-state index is 9.78. The third-order valence-electron chi connectivity index (χ3n) is 2.72. The first-order valence-electron chi connectivity index (χ1n) is 6.41. The molecule has 0 spiro atoms. The van der Waals surface area contributed by atoms with Crippen LogP contribution in [0.1, 0.15) is 19.5 Å². The van der Waals surface area contributed by atoms with E-state index in [0.29, 0.717) is 18.1 Å². The van der Waals surface area contributed by atoms with Crippen LogP contribution in [0.15, 0.2) is 30.5 Å². The molecule has 0 unspecified atom stereocenters. The van der Waals surface area contributed by atoms with Crippen LogP contribution in [0.4, 0.5) is 0 Å². The number of likely N-dealkylation sites (N-methyl/N-ethyl adjacent to an activating group) is 1. The van der Waals surface area contributed by atoms with E-state index in [4.69, 9.17) is 11.6 Å². The lowest BCUT2D eigenvalue weighted by Crippen LogP contribution is -2.35. The van der Waals surface area contributed by atoms with Crippen molar-refractivity contribution in [3.8, 4) is 5.69 Å². The predicted molar refractivity (Wildman–Crippen MR) is 79.0 cm³/mol. The Hall–Kier alpha value is -1.43. The smallest absolute Gasteiger partial charge is 0.0971 e. The Morgan fingerprint density at radius 3 is 2.55 bits per heavy atom. The topological polar surface area (TPSA) is 54.2 Å². The average molecular weight is 295 g/mol. The Balaban J connectivity index is 2.04.